The van der Waals surface area contributed by atoms with Crippen LogP contribution in [0, 0.1) is 28.6 Å². The first-order valence-corrected chi connectivity index (χ1v) is 14.7. The number of alkyl halides is 1. The molecule has 5 rings (SSSR count). The molecule has 0 amide bonds. The molecule has 0 bridgehead atoms. The van der Waals surface area contributed by atoms with Crippen molar-refractivity contribution in [3.8, 4) is 0 Å². The molecule has 0 radical (unpaired) electrons. The van der Waals surface area contributed by atoms with Crippen molar-refractivity contribution in [1.29, 1.82) is 0 Å². The van der Waals surface area contributed by atoms with Gasteiger partial charge in [0.25, 0.3) is 0 Å². The maximum absolute atomic E-state index is 17.3. The van der Waals surface area contributed by atoms with Crippen molar-refractivity contribution in [2.75, 3.05) is 6.61 Å². The van der Waals surface area contributed by atoms with Gasteiger partial charge < -0.3 is 19.5 Å². The van der Waals surface area contributed by atoms with Gasteiger partial charge in [-0.3, -0.25) is 9.59 Å². The number of aliphatic hydroxyl groups excluding tert-OH is 1. The Morgan fingerprint density at radius 3 is 2.60 bits per heavy atom. The van der Waals surface area contributed by atoms with Gasteiger partial charge in [-0.1, -0.05) is 31.6 Å². The van der Waals surface area contributed by atoms with Crippen LogP contribution < -0.4 is 0 Å². The van der Waals surface area contributed by atoms with Crippen LogP contribution >= 0.6 is 0 Å². The molecule has 0 heterocycles. The van der Waals surface area contributed by atoms with Crippen LogP contribution in [0.1, 0.15) is 56.8 Å². The molecule has 9 nitrogen and oxygen atoms in total. The van der Waals surface area contributed by atoms with Gasteiger partial charge in [-0.25, -0.2) is 17.6 Å². The first-order chi connectivity index (χ1) is 18.5. The number of allylic oxidation sites excluding steroid dienone is 4. The molecule has 8 atom stereocenters. The van der Waals surface area contributed by atoms with E-state index in [1.54, 1.807) is 20.8 Å². The summed E-state index contributed by atoms with van der Waals surface area (Å²) in [6.07, 6.45) is 3.60. The number of hydrogen-bond acceptors (Lipinski definition) is 9. The second kappa shape index (κ2) is 9.14. The van der Waals surface area contributed by atoms with Crippen LogP contribution in [-0.4, -0.2) is 64.7 Å². The van der Waals surface area contributed by atoms with E-state index in [1.165, 1.54) is 30.4 Å². The summed E-state index contributed by atoms with van der Waals surface area (Å²) in [4.78, 5) is 37.5. The number of benzene rings is 1. The molecule has 3 saturated carbocycles. The summed E-state index contributed by atoms with van der Waals surface area (Å²) in [6.45, 7) is 4.18. The molecule has 2 N–H and O–H groups in total. The number of Topliss-reactive ketones (excluding diaryl/α,β-unsaturated/α-hetero) is 1. The van der Waals surface area contributed by atoms with Crippen LogP contribution in [0.2, 0.25) is 0 Å². The van der Waals surface area contributed by atoms with Crippen molar-refractivity contribution < 1.29 is 46.7 Å². The Bertz CT molecular complexity index is 1470. The molecular formula is C29H32FO9S-. The smallest absolute Gasteiger partial charge is 0.338 e. The van der Waals surface area contributed by atoms with E-state index in [9.17, 15) is 37.6 Å². The van der Waals surface area contributed by atoms with E-state index in [-0.39, 0.29) is 17.8 Å². The van der Waals surface area contributed by atoms with Crippen molar-refractivity contribution in [3.63, 3.8) is 0 Å². The number of hydrogen-bond donors (Lipinski definition) is 2. The normalized spacial score (nSPS) is 40.5. The largest absolute Gasteiger partial charge is 0.744 e. The van der Waals surface area contributed by atoms with Crippen LogP contribution in [0.25, 0.3) is 0 Å². The first-order valence-electron chi connectivity index (χ1n) is 13.3. The molecule has 0 saturated heterocycles. The average Bonchev–Trinajstić information content (AvgIpc) is 3.09. The van der Waals surface area contributed by atoms with Crippen molar-refractivity contribution in [2.45, 2.75) is 68.7 Å². The summed E-state index contributed by atoms with van der Waals surface area (Å²) in [7, 11) is -4.82. The lowest BCUT2D eigenvalue weighted by Crippen LogP contribution is -2.69. The number of rotatable bonds is 5. The quantitative estimate of drug-likeness (QED) is 0.398. The lowest BCUT2D eigenvalue weighted by atomic mass is 9.44. The van der Waals surface area contributed by atoms with Gasteiger partial charge in [-0.2, -0.15) is 0 Å². The Balaban J connectivity index is 1.41. The first kappa shape index (κ1) is 28.8. The third-order valence-corrected chi connectivity index (χ3v) is 11.2. The van der Waals surface area contributed by atoms with Gasteiger partial charge in [0.15, 0.2) is 18.1 Å². The summed E-state index contributed by atoms with van der Waals surface area (Å²) in [6, 6.07) is 4.29. The standard InChI is InChI=1S/C29H33FO9S/c1-16-11-22-21-8-7-18-13-19(31)9-10-26(18,2)28(21,30)23(32)14-27(22,3)29(16,35)24(33)15-39-25(34)17-5-4-6-20(12-17)40(36,37)38/h4-6,9-10,12-13,16,21-23,32,35H,7-8,11,14-15H2,1-3H3,(H,36,37,38)/p-1/t16?,21?,22?,23?,26-,27-,28?,29?/m0/s1. The molecular weight excluding hydrogens is 543 g/mol. The fourth-order valence-electron chi connectivity index (χ4n) is 8.24. The van der Waals surface area contributed by atoms with Gasteiger partial charge in [-0.05, 0) is 74.8 Å². The molecule has 4 aliphatic carbocycles. The van der Waals surface area contributed by atoms with Crippen LogP contribution in [0.15, 0.2) is 53.0 Å². The van der Waals surface area contributed by atoms with Gasteiger partial charge >= 0.3 is 5.97 Å². The molecule has 4 aliphatic rings. The van der Waals surface area contributed by atoms with Crippen LogP contribution in [0.4, 0.5) is 4.39 Å². The number of ether oxygens (including phenoxy) is 1. The van der Waals surface area contributed by atoms with Crippen LogP contribution in [0.3, 0.4) is 0 Å². The number of fused-ring (bicyclic) bond motifs is 5. The Hall–Kier alpha value is -2.73. The molecule has 40 heavy (non-hydrogen) atoms. The maximum atomic E-state index is 17.3. The number of halogens is 1. The van der Waals surface area contributed by atoms with Crippen molar-refractivity contribution >= 4 is 27.7 Å². The highest BCUT2D eigenvalue weighted by Crippen LogP contribution is 2.70. The Labute approximate surface area is 231 Å². The molecule has 0 aromatic heterocycles. The van der Waals surface area contributed by atoms with Crippen molar-refractivity contribution in [3.05, 3.63) is 53.6 Å². The summed E-state index contributed by atoms with van der Waals surface area (Å²) in [5, 5.41) is 23.4. The third-order valence-electron chi connectivity index (χ3n) is 10.3. The number of esters is 1. The topological polar surface area (TPSA) is 158 Å². The molecule has 1 aromatic carbocycles. The predicted molar refractivity (Wildman–Crippen MR) is 138 cm³/mol. The number of carbonyl (C=O) groups is 3. The van der Waals surface area contributed by atoms with E-state index in [1.807, 2.05) is 0 Å². The molecule has 6 unspecified atom stereocenters. The fraction of sp³-hybridized carbons (Fsp3) is 0.552. The summed E-state index contributed by atoms with van der Waals surface area (Å²) >= 11 is 0. The maximum Gasteiger partial charge on any atom is 0.338 e. The molecule has 11 heteroatoms. The Kier molecular flexibility index (Phi) is 6.58. The number of aliphatic hydroxyl groups is 2. The minimum absolute atomic E-state index is 0.223. The molecule has 1 aromatic rings. The minimum Gasteiger partial charge on any atom is -0.744 e. The summed E-state index contributed by atoms with van der Waals surface area (Å²) in [5.74, 6) is -3.93. The Morgan fingerprint density at radius 1 is 1.23 bits per heavy atom. The second-order valence-electron chi connectivity index (χ2n) is 12.1. The van der Waals surface area contributed by atoms with Crippen LogP contribution in [-0.2, 0) is 24.4 Å². The third kappa shape index (κ3) is 3.81. The van der Waals surface area contributed by atoms with Gasteiger partial charge in [-0.15, -0.1) is 0 Å². The van der Waals surface area contributed by atoms with Gasteiger partial charge in [0, 0.05) is 16.7 Å². The second-order valence-corrected chi connectivity index (χ2v) is 13.5. The lowest BCUT2D eigenvalue weighted by molar-refractivity contribution is -0.219. The van der Waals surface area contributed by atoms with Crippen LogP contribution in [0.5, 0.6) is 0 Å². The highest BCUT2D eigenvalue weighted by Gasteiger charge is 2.75. The van der Waals surface area contributed by atoms with Gasteiger partial charge in [0.05, 0.1) is 16.6 Å². The van der Waals surface area contributed by atoms with E-state index in [4.69, 9.17) is 4.74 Å². The van der Waals surface area contributed by atoms with Gasteiger partial charge in [0.2, 0.25) is 5.78 Å². The van der Waals surface area contributed by atoms with Crippen molar-refractivity contribution in [1.82, 2.24) is 0 Å². The van der Waals surface area contributed by atoms with E-state index in [2.05, 4.69) is 0 Å². The van der Waals surface area contributed by atoms with Gasteiger partial charge in [0.1, 0.15) is 15.7 Å². The SMILES string of the molecule is CC1CC2C3CCC4=CC(=O)C=C[C@]4(C)C3(F)C(O)C[C@]2(C)C1(O)C(=O)COC(=O)c1cccc(S(=O)(=O)[O-])c1. The fourth-order valence-corrected chi connectivity index (χ4v) is 8.76. The zero-order valence-electron chi connectivity index (χ0n) is 22.4. The lowest BCUT2D eigenvalue weighted by Gasteiger charge is -2.62. The zero-order valence-corrected chi connectivity index (χ0v) is 23.2. The molecule has 216 valence electrons. The van der Waals surface area contributed by atoms with E-state index < -0.39 is 79.3 Å². The minimum atomic E-state index is -4.82. The average molecular weight is 576 g/mol. The predicted octanol–water partition coefficient (Wildman–Crippen LogP) is 2.66. The van der Waals surface area contributed by atoms with E-state index in [0.717, 1.165) is 12.1 Å². The monoisotopic (exact) mass is 575 g/mol. The van der Waals surface area contributed by atoms with Crippen molar-refractivity contribution in [2.24, 2.45) is 28.6 Å². The molecule has 3 fully saturated rings. The highest BCUT2D eigenvalue weighted by atomic mass is 32.2. The summed E-state index contributed by atoms with van der Waals surface area (Å²) < 4.78 is 56.3. The van der Waals surface area contributed by atoms with E-state index in [0.29, 0.717) is 24.8 Å². The molecule has 0 spiro atoms. The number of ketones is 2. The zero-order chi connectivity index (χ0) is 29.5. The molecule has 0 aliphatic heterocycles. The highest BCUT2D eigenvalue weighted by molar-refractivity contribution is 7.85. The van der Waals surface area contributed by atoms with E-state index >= 15 is 4.39 Å². The summed E-state index contributed by atoms with van der Waals surface area (Å²) in [5.41, 5.74) is -6.24. The number of carbonyl (C=O) groups excluding carboxylic acids is 3. The Morgan fingerprint density at radius 2 is 1.93 bits per heavy atom.